The summed E-state index contributed by atoms with van der Waals surface area (Å²) in [6.07, 6.45) is 1.97. The van der Waals surface area contributed by atoms with Gasteiger partial charge in [0, 0.05) is 10.9 Å². The normalized spacial score (nSPS) is 13.0. The minimum absolute atomic E-state index is 0.108. The summed E-state index contributed by atoms with van der Waals surface area (Å²) in [5.41, 5.74) is 2.79. The van der Waals surface area contributed by atoms with Crippen molar-refractivity contribution in [1.29, 1.82) is 0 Å². The Labute approximate surface area is 183 Å². The fraction of sp³-hybridized carbons (Fsp3) is 0.227. The zero-order valence-corrected chi connectivity index (χ0v) is 17.9. The van der Waals surface area contributed by atoms with E-state index in [0.717, 1.165) is 29.1 Å². The third-order valence-electron chi connectivity index (χ3n) is 4.66. The van der Waals surface area contributed by atoms with Gasteiger partial charge < -0.3 is 10.1 Å². The molecule has 3 aromatic rings. The lowest BCUT2D eigenvalue weighted by molar-refractivity contribution is -0.123. The molecule has 2 amide bonds. The fourth-order valence-electron chi connectivity index (χ4n) is 3.20. The Kier molecular flexibility index (Phi) is 6.01. The van der Waals surface area contributed by atoms with Crippen LogP contribution in [-0.4, -0.2) is 29.9 Å². The molecule has 1 N–H and O–H groups in total. The quantitative estimate of drug-likeness (QED) is 0.597. The van der Waals surface area contributed by atoms with E-state index in [0.29, 0.717) is 22.1 Å². The number of thiazole rings is 1. The summed E-state index contributed by atoms with van der Waals surface area (Å²) >= 11 is 7.73. The van der Waals surface area contributed by atoms with Crippen LogP contribution in [0.2, 0.25) is 5.02 Å². The third kappa shape index (κ3) is 4.32. The molecule has 1 aliphatic rings. The summed E-state index contributed by atoms with van der Waals surface area (Å²) in [4.78, 5) is 31.2. The molecule has 0 spiro atoms. The Hall–Kier alpha value is -2.90. The van der Waals surface area contributed by atoms with Gasteiger partial charge in [0.25, 0.3) is 5.91 Å². The number of amides is 2. The Balaban J connectivity index is 1.58. The van der Waals surface area contributed by atoms with E-state index in [4.69, 9.17) is 16.3 Å². The van der Waals surface area contributed by atoms with Crippen molar-refractivity contribution in [3.63, 3.8) is 0 Å². The van der Waals surface area contributed by atoms with Crippen molar-refractivity contribution in [2.45, 2.75) is 19.8 Å². The van der Waals surface area contributed by atoms with Crippen LogP contribution in [0, 0.1) is 0 Å². The number of halogens is 1. The van der Waals surface area contributed by atoms with Gasteiger partial charge in [0.2, 0.25) is 5.91 Å². The van der Waals surface area contributed by atoms with E-state index in [9.17, 15) is 9.59 Å². The van der Waals surface area contributed by atoms with Gasteiger partial charge in [-0.1, -0.05) is 30.7 Å². The maximum absolute atomic E-state index is 12.6. The predicted octanol–water partition coefficient (Wildman–Crippen LogP) is 4.78. The van der Waals surface area contributed by atoms with Crippen LogP contribution in [0.3, 0.4) is 0 Å². The number of aromatic nitrogens is 1. The van der Waals surface area contributed by atoms with Gasteiger partial charge in [-0.2, -0.15) is 0 Å². The second-order valence-corrected chi connectivity index (χ2v) is 8.21. The molecular formula is C22H20ClN3O3S. The molecule has 0 atom stereocenters. The number of hydrogen-bond acceptors (Lipinski definition) is 5. The van der Waals surface area contributed by atoms with Crippen LogP contribution in [0.25, 0.3) is 11.3 Å². The number of aryl methyl sites for hydroxylation is 1. The zero-order chi connectivity index (χ0) is 21.1. The first-order chi connectivity index (χ1) is 14.5. The van der Waals surface area contributed by atoms with Crippen LogP contribution in [-0.2, 0) is 16.0 Å². The molecule has 0 radical (unpaired) electrons. The number of anilines is 2. The van der Waals surface area contributed by atoms with Crippen LogP contribution in [0.15, 0.2) is 47.8 Å². The van der Waals surface area contributed by atoms with Crippen LogP contribution in [0.5, 0.6) is 5.75 Å². The first-order valence-corrected chi connectivity index (χ1v) is 10.9. The molecule has 6 nitrogen and oxygen atoms in total. The number of carbonyl (C=O) groups excluding carboxylic acids is 2. The molecule has 2 aromatic carbocycles. The molecule has 30 heavy (non-hydrogen) atoms. The predicted molar refractivity (Wildman–Crippen MR) is 119 cm³/mol. The number of para-hydroxylation sites is 1. The maximum atomic E-state index is 12.6. The molecule has 4 rings (SSSR count). The fourth-order valence-corrected chi connectivity index (χ4v) is 4.30. The van der Waals surface area contributed by atoms with Gasteiger partial charge in [-0.05, 0) is 43.2 Å². The van der Waals surface area contributed by atoms with Gasteiger partial charge in [-0.15, -0.1) is 11.3 Å². The van der Waals surface area contributed by atoms with E-state index in [1.54, 1.807) is 35.6 Å². The molecule has 154 valence electrons. The van der Waals surface area contributed by atoms with Gasteiger partial charge in [-0.3, -0.25) is 14.5 Å². The highest BCUT2D eigenvalue weighted by atomic mass is 35.5. The van der Waals surface area contributed by atoms with E-state index in [1.807, 2.05) is 23.6 Å². The van der Waals surface area contributed by atoms with Gasteiger partial charge in [0.1, 0.15) is 12.3 Å². The zero-order valence-electron chi connectivity index (χ0n) is 16.4. The number of fused-ring (bicyclic) bond motifs is 1. The summed E-state index contributed by atoms with van der Waals surface area (Å²) in [7, 11) is 0. The second-order valence-electron chi connectivity index (χ2n) is 6.86. The van der Waals surface area contributed by atoms with Gasteiger partial charge in [0.05, 0.1) is 27.1 Å². The smallest absolute Gasteiger partial charge is 0.265 e. The van der Waals surface area contributed by atoms with Crippen LogP contribution in [0.1, 0.15) is 18.4 Å². The van der Waals surface area contributed by atoms with Crippen molar-refractivity contribution >= 4 is 46.1 Å². The number of hydrogen-bond donors (Lipinski definition) is 1. The maximum Gasteiger partial charge on any atom is 0.265 e. The van der Waals surface area contributed by atoms with Crippen molar-refractivity contribution in [3.8, 4) is 17.0 Å². The molecule has 1 aliphatic heterocycles. The number of ether oxygens (including phenoxy) is 1. The number of rotatable bonds is 6. The lowest BCUT2D eigenvalue weighted by Gasteiger charge is -2.29. The highest BCUT2D eigenvalue weighted by Gasteiger charge is 2.28. The van der Waals surface area contributed by atoms with Gasteiger partial charge >= 0.3 is 0 Å². The SMILES string of the molecule is CCCc1nc(-c2ccc3c(c2)N(CC(=O)Nc2ccccc2Cl)C(=O)CO3)cs1. The van der Waals surface area contributed by atoms with E-state index in [1.165, 1.54) is 4.90 Å². The summed E-state index contributed by atoms with van der Waals surface area (Å²) in [5.74, 6) is -0.0552. The molecule has 0 bridgehead atoms. The Morgan fingerprint density at radius 1 is 1.30 bits per heavy atom. The Morgan fingerprint density at radius 2 is 2.13 bits per heavy atom. The van der Waals surface area contributed by atoms with E-state index in [-0.39, 0.29) is 25.0 Å². The molecule has 2 heterocycles. The molecule has 0 saturated heterocycles. The number of benzene rings is 2. The third-order valence-corrected chi connectivity index (χ3v) is 5.90. The van der Waals surface area contributed by atoms with Crippen molar-refractivity contribution in [1.82, 2.24) is 4.98 Å². The molecule has 0 saturated carbocycles. The minimum atomic E-state index is -0.339. The van der Waals surface area contributed by atoms with Crippen LogP contribution >= 0.6 is 22.9 Å². The molecule has 0 fully saturated rings. The van der Waals surface area contributed by atoms with Crippen molar-refractivity contribution in [3.05, 3.63) is 57.9 Å². The monoisotopic (exact) mass is 441 g/mol. The van der Waals surface area contributed by atoms with Crippen molar-refractivity contribution in [2.24, 2.45) is 0 Å². The average Bonchev–Trinajstić information content (AvgIpc) is 3.20. The van der Waals surface area contributed by atoms with E-state index in [2.05, 4.69) is 17.2 Å². The standard InChI is InChI=1S/C22H20ClN3O3S/c1-2-5-21-25-17(13-30-21)14-8-9-19-18(10-14)26(22(28)12-29-19)11-20(27)24-16-7-4-3-6-15(16)23/h3-4,6-10,13H,2,5,11-12H2,1H3,(H,24,27). The average molecular weight is 442 g/mol. The van der Waals surface area contributed by atoms with Crippen LogP contribution in [0.4, 0.5) is 11.4 Å². The number of nitrogens with one attached hydrogen (secondary N) is 1. The summed E-state index contributed by atoms with van der Waals surface area (Å²) < 4.78 is 5.56. The molecule has 0 unspecified atom stereocenters. The highest BCUT2D eigenvalue weighted by Crippen LogP contribution is 2.36. The lowest BCUT2D eigenvalue weighted by atomic mass is 10.1. The summed E-state index contributed by atoms with van der Waals surface area (Å²) in [6.45, 7) is 1.87. The molecule has 8 heteroatoms. The second kappa shape index (κ2) is 8.85. The van der Waals surface area contributed by atoms with Crippen LogP contribution < -0.4 is 15.0 Å². The summed E-state index contributed by atoms with van der Waals surface area (Å²) in [5, 5.41) is 6.28. The largest absolute Gasteiger partial charge is 0.482 e. The first kappa shape index (κ1) is 20.4. The summed E-state index contributed by atoms with van der Waals surface area (Å²) in [6, 6.07) is 12.5. The van der Waals surface area contributed by atoms with E-state index >= 15 is 0 Å². The topological polar surface area (TPSA) is 71.5 Å². The molecule has 1 aromatic heterocycles. The molecular weight excluding hydrogens is 422 g/mol. The van der Waals surface area contributed by atoms with Crippen molar-refractivity contribution in [2.75, 3.05) is 23.4 Å². The number of nitrogens with zero attached hydrogens (tertiary/aromatic N) is 2. The minimum Gasteiger partial charge on any atom is -0.482 e. The van der Waals surface area contributed by atoms with E-state index < -0.39 is 0 Å². The Morgan fingerprint density at radius 3 is 2.93 bits per heavy atom. The van der Waals surface area contributed by atoms with Gasteiger partial charge in [-0.25, -0.2) is 4.98 Å². The highest BCUT2D eigenvalue weighted by molar-refractivity contribution is 7.09. The Bertz CT molecular complexity index is 1100. The lowest BCUT2D eigenvalue weighted by Crippen LogP contribution is -2.43. The molecule has 0 aliphatic carbocycles. The van der Waals surface area contributed by atoms with Crippen molar-refractivity contribution < 1.29 is 14.3 Å². The number of carbonyl (C=O) groups is 2. The van der Waals surface area contributed by atoms with Gasteiger partial charge in [0.15, 0.2) is 6.61 Å². The first-order valence-electron chi connectivity index (χ1n) is 9.61.